The minimum absolute atomic E-state index is 0.199. The minimum atomic E-state index is -1.000. The van der Waals surface area contributed by atoms with Crippen molar-refractivity contribution < 1.29 is 19.1 Å². The van der Waals surface area contributed by atoms with Crippen LogP contribution in [0.4, 0.5) is 0 Å². The van der Waals surface area contributed by atoms with Crippen molar-refractivity contribution in [1.82, 2.24) is 10.2 Å². The van der Waals surface area contributed by atoms with E-state index in [2.05, 4.69) is 44.8 Å². The summed E-state index contributed by atoms with van der Waals surface area (Å²) >= 11 is 0. The van der Waals surface area contributed by atoms with E-state index in [0.717, 1.165) is 19.6 Å². The van der Waals surface area contributed by atoms with E-state index < -0.39 is 5.54 Å². The molecule has 38 heavy (non-hydrogen) atoms. The second-order valence-corrected chi connectivity index (χ2v) is 12.8. The molecule has 0 bridgehead atoms. The van der Waals surface area contributed by atoms with Gasteiger partial charge in [-0.15, -0.1) is 0 Å². The molecule has 1 fully saturated rings. The Labute approximate surface area is 235 Å². The summed E-state index contributed by atoms with van der Waals surface area (Å²) in [6.45, 7) is 16.8. The van der Waals surface area contributed by atoms with Gasteiger partial charge in [0.15, 0.2) is 0 Å². The molecular weight excluding hydrogens is 476 g/mol. The molecule has 0 unspecified atom stereocenters. The van der Waals surface area contributed by atoms with Crippen molar-refractivity contribution >= 4 is 11.9 Å². The van der Waals surface area contributed by atoms with Crippen LogP contribution in [0, 0.1) is 0 Å². The number of nitrogens with zero attached hydrogens (tertiary/aromatic N) is 1. The van der Waals surface area contributed by atoms with Crippen LogP contribution in [0.1, 0.15) is 151 Å². The van der Waals surface area contributed by atoms with E-state index in [9.17, 15) is 9.59 Å². The summed E-state index contributed by atoms with van der Waals surface area (Å²) in [6.07, 6.45) is 20.1. The van der Waals surface area contributed by atoms with Gasteiger partial charge in [0.25, 0.3) is 0 Å². The van der Waals surface area contributed by atoms with Gasteiger partial charge in [0.05, 0.1) is 13.2 Å². The SMILES string of the molecule is CCCCCCCCCCCCCCCCOCCN1C(C)(C)CC(NC(C)=O)(C(=O)OCC)CC1(C)C. The Morgan fingerprint density at radius 1 is 0.711 bits per heavy atom. The van der Waals surface area contributed by atoms with Crippen LogP contribution >= 0.6 is 0 Å². The fourth-order valence-electron chi connectivity index (χ4n) is 6.70. The molecule has 1 saturated heterocycles. The number of esters is 1. The van der Waals surface area contributed by atoms with Gasteiger partial charge in [-0.3, -0.25) is 9.69 Å². The average Bonchev–Trinajstić information content (AvgIpc) is 2.81. The lowest BCUT2D eigenvalue weighted by molar-refractivity contribution is -0.165. The molecule has 224 valence electrons. The van der Waals surface area contributed by atoms with Crippen molar-refractivity contribution in [2.45, 2.75) is 168 Å². The Hall–Kier alpha value is -1.14. The van der Waals surface area contributed by atoms with Crippen molar-refractivity contribution in [3.05, 3.63) is 0 Å². The molecule has 0 spiro atoms. The standard InChI is InChI=1S/C32H62N2O4/c1-8-10-11-12-13-14-15-16-17-18-19-20-21-22-24-37-25-23-34-30(4,5)26-32(33-28(3)35,27-31(34,6)7)29(36)38-9-2/h8-27H2,1-7H3,(H,33,35). The zero-order valence-electron chi connectivity index (χ0n) is 26.2. The van der Waals surface area contributed by atoms with Crippen LogP contribution in [0.3, 0.4) is 0 Å². The molecule has 6 nitrogen and oxygen atoms in total. The number of amides is 1. The van der Waals surface area contributed by atoms with Crippen molar-refractivity contribution in [3.63, 3.8) is 0 Å². The highest BCUT2D eigenvalue weighted by molar-refractivity contribution is 5.87. The highest BCUT2D eigenvalue weighted by Gasteiger charge is 2.56. The van der Waals surface area contributed by atoms with Crippen LogP contribution in [-0.2, 0) is 19.1 Å². The fourth-order valence-corrected chi connectivity index (χ4v) is 6.70. The highest BCUT2D eigenvalue weighted by atomic mass is 16.5. The summed E-state index contributed by atoms with van der Waals surface area (Å²) in [6, 6.07) is 0. The number of carbonyl (C=O) groups is 2. The van der Waals surface area contributed by atoms with E-state index in [-0.39, 0.29) is 23.0 Å². The second kappa shape index (κ2) is 18.3. The van der Waals surface area contributed by atoms with Crippen molar-refractivity contribution in [2.75, 3.05) is 26.4 Å². The summed E-state index contributed by atoms with van der Waals surface area (Å²) in [5.41, 5.74) is -1.59. The van der Waals surface area contributed by atoms with Crippen molar-refractivity contribution in [3.8, 4) is 0 Å². The Morgan fingerprint density at radius 3 is 1.58 bits per heavy atom. The molecule has 0 saturated carbocycles. The smallest absolute Gasteiger partial charge is 0.331 e. The van der Waals surface area contributed by atoms with Crippen molar-refractivity contribution in [2.24, 2.45) is 0 Å². The first-order valence-corrected chi connectivity index (χ1v) is 15.8. The van der Waals surface area contributed by atoms with Gasteiger partial charge in [-0.25, -0.2) is 4.79 Å². The van der Waals surface area contributed by atoms with Gasteiger partial charge in [-0.05, 0) is 53.9 Å². The van der Waals surface area contributed by atoms with Gasteiger partial charge in [-0.1, -0.05) is 90.4 Å². The summed E-state index contributed by atoms with van der Waals surface area (Å²) in [7, 11) is 0. The molecule has 1 rings (SSSR count). The molecular formula is C32H62N2O4. The maximum atomic E-state index is 13.0. The van der Waals surface area contributed by atoms with E-state index in [1.54, 1.807) is 6.92 Å². The summed E-state index contributed by atoms with van der Waals surface area (Å²) < 4.78 is 11.4. The van der Waals surface area contributed by atoms with Crippen LogP contribution in [-0.4, -0.2) is 59.8 Å². The quantitative estimate of drug-likeness (QED) is 0.121. The summed E-state index contributed by atoms with van der Waals surface area (Å²) in [5, 5.41) is 2.97. The normalized spacial score (nSPS) is 18.3. The molecule has 1 aliphatic heterocycles. The lowest BCUT2D eigenvalue weighted by Gasteiger charge is -2.58. The topological polar surface area (TPSA) is 67.9 Å². The van der Waals surface area contributed by atoms with E-state index in [1.165, 1.54) is 90.4 Å². The zero-order chi connectivity index (χ0) is 28.5. The number of carbonyl (C=O) groups excluding carboxylic acids is 2. The van der Waals surface area contributed by atoms with Crippen LogP contribution in [0.5, 0.6) is 0 Å². The average molecular weight is 539 g/mol. The zero-order valence-corrected chi connectivity index (χ0v) is 26.2. The molecule has 6 heteroatoms. The predicted octanol–water partition coefficient (Wildman–Crippen LogP) is 7.58. The molecule has 1 heterocycles. The number of rotatable bonds is 21. The van der Waals surface area contributed by atoms with Gasteiger partial charge in [-0.2, -0.15) is 0 Å². The van der Waals surface area contributed by atoms with Gasteiger partial charge < -0.3 is 14.8 Å². The molecule has 0 aromatic carbocycles. The fraction of sp³-hybridized carbons (Fsp3) is 0.938. The highest BCUT2D eigenvalue weighted by Crippen LogP contribution is 2.44. The molecule has 0 aliphatic carbocycles. The van der Waals surface area contributed by atoms with E-state index >= 15 is 0 Å². The third-order valence-electron chi connectivity index (χ3n) is 8.11. The second-order valence-electron chi connectivity index (χ2n) is 12.8. The van der Waals surface area contributed by atoms with E-state index in [0.29, 0.717) is 26.1 Å². The molecule has 1 aliphatic rings. The lowest BCUT2D eigenvalue weighted by Crippen LogP contribution is -2.72. The third kappa shape index (κ3) is 12.8. The number of likely N-dealkylation sites (tertiary alicyclic amines) is 1. The molecule has 1 N–H and O–H groups in total. The Kier molecular flexibility index (Phi) is 16.8. The molecule has 0 aromatic heterocycles. The Balaban J connectivity index is 2.26. The van der Waals surface area contributed by atoms with Gasteiger partial charge in [0.2, 0.25) is 5.91 Å². The van der Waals surface area contributed by atoms with E-state index in [1.807, 2.05) is 0 Å². The molecule has 0 aromatic rings. The number of hydrogen-bond acceptors (Lipinski definition) is 5. The first kappa shape index (κ1) is 34.9. The van der Waals surface area contributed by atoms with Crippen LogP contribution < -0.4 is 5.32 Å². The van der Waals surface area contributed by atoms with Crippen LogP contribution in [0.2, 0.25) is 0 Å². The Morgan fingerprint density at radius 2 is 1.16 bits per heavy atom. The van der Waals surface area contributed by atoms with Crippen molar-refractivity contribution in [1.29, 1.82) is 0 Å². The number of piperidine rings is 1. The van der Waals surface area contributed by atoms with Gasteiger partial charge in [0.1, 0.15) is 5.54 Å². The van der Waals surface area contributed by atoms with Gasteiger partial charge >= 0.3 is 5.97 Å². The molecule has 0 radical (unpaired) electrons. The first-order chi connectivity index (χ1) is 18.0. The van der Waals surface area contributed by atoms with Crippen LogP contribution in [0.15, 0.2) is 0 Å². The lowest BCUT2D eigenvalue weighted by atomic mass is 9.68. The summed E-state index contributed by atoms with van der Waals surface area (Å²) in [5.74, 6) is -0.528. The first-order valence-electron chi connectivity index (χ1n) is 15.8. The third-order valence-corrected chi connectivity index (χ3v) is 8.11. The largest absolute Gasteiger partial charge is 0.464 e. The number of hydrogen-bond donors (Lipinski definition) is 1. The number of nitrogens with one attached hydrogen (secondary N) is 1. The molecule has 0 atom stereocenters. The minimum Gasteiger partial charge on any atom is -0.464 e. The maximum Gasteiger partial charge on any atom is 0.331 e. The monoisotopic (exact) mass is 538 g/mol. The van der Waals surface area contributed by atoms with Gasteiger partial charge in [0, 0.05) is 31.2 Å². The van der Waals surface area contributed by atoms with E-state index in [4.69, 9.17) is 9.47 Å². The number of ether oxygens (including phenoxy) is 2. The summed E-state index contributed by atoms with van der Waals surface area (Å²) in [4.78, 5) is 27.4. The maximum absolute atomic E-state index is 13.0. The number of unbranched alkanes of at least 4 members (excludes halogenated alkanes) is 13. The molecule has 1 amide bonds. The predicted molar refractivity (Wildman–Crippen MR) is 158 cm³/mol. The van der Waals surface area contributed by atoms with Crippen LogP contribution in [0.25, 0.3) is 0 Å². The Bertz CT molecular complexity index is 644.